The van der Waals surface area contributed by atoms with Gasteiger partial charge in [-0.1, -0.05) is 25.4 Å². The quantitative estimate of drug-likeness (QED) is 0.853. The van der Waals surface area contributed by atoms with Crippen molar-refractivity contribution < 1.29 is 4.79 Å². The van der Waals surface area contributed by atoms with Crippen LogP contribution in [0.25, 0.3) is 0 Å². The van der Waals surface area contributed by atoms with Crippen LogP contribution in [0.1, 0.15) is 25.1 Å². The molecule has 2 rings (SSSR count). The Bertz CT molecular complexity index is 425. The lowest BCUT2D eigenvalue weighted by molar-refractivity contribution is -0.133. The van der Waals surface area contributed by atoms with Crippen LogP contribution in [0.5, 0.6) is 0 Å². The Morgan fingerprint density at radius 1 is 1.32 bits per heavy atom. The third-order valence-corrected chi connectivity index (χ3v) is 4.53. The van der Waals surface area contributed by atoms with Gasteiger partial charge in [0.2, 0.25) is 5.91 Å². The molecule has 0 aromatic carbocycles. The second kappa shape index (κ2) is 6.73. The minimum atomic E-state index is 0.300. The molecule has 2 heterocycles. The van der Waals surface area contributed by atoms with E-state index in [1.807, 2.05) is 11.0 Å². The van der Waals surface area contributed by atoms with Gasteiger partial charge in [0.25, 0.3) is 0 Å². The first-order valence-corrected chi connectivity index (χ1v) is 7.98. The van der Waals surface area contributed by atoms with E-state index in [0.29, 0.717) is 18.2 Å². The van der Waals surface area contributed by atoms with Gasteiger partial charge in [0.15, 0.2) is 0 Å². The molecule has 0 unspecified atom stereocenters. The van der Waals surface area contributed by atoms with Crippen LogP contribution >= 0.6 is 22.9 Å². The summed E-state index contributed by atoms with van der Waals surface area (Å²) in [5, 5.41) is 0. The number of hydrogen-bond acceptors (Lipinski definition) is 3. The van der Waals surface area contributed by atoms with Gasteiger partial charge in [-0.25, -0.2) is 0 Å². The number of amides is 1. The van der Waals surface area contributed by atoms with Crippen molar-refractivity contribution in [2.45, 2.75) is 26.8 Å². The van der Waals surface area contributed by atoms with E-state index in [-0.39, 0.29) is 0 Å². The first-order chi connectivity index (χ1) is 9.04. The Kier molecular flexibility index (Phi) is 5.25. The van der Waals surface area contributed by atoms with Crippen LogP contribution in [0.15, 0.2) is 12.1 Å². The average molecular weight is 301 g/mol. The fourth-order valence-corrected chi connectivity index (χ4v) is 3.42. The molecule has 3 nitrogen and oxygen atoms in total. The zero-order valence-corrected chi connectivity index (χ0v) is 13.1. The number of rotatable bonds is 4. The van der Waals surface area contributed by atoms with Gasteiger partial charge in [0.05, 0.1) is 4.34 Å². The van der Waals surface area contributed by atoms with E-state index in [1.54, 1.807) is 11.3 Å². The summed E-state index contributed by atoms with van der Waals surface area (Å²) in [5.41, 5.74) is 0. The molecule has 19 heavy (non-hydrogen) atoms. The van der Waals surface area contributed by atoms with Gasteiger partial charge in [-0.2, -0.15) is 0 Å². The van der Waals surface area contributed by atoms with Crippen LogP contribution in [-0.4, -0.2) is 41.9 Å². The Balaban J connectivity index is 1.77. The molecule has 0 bridgehead atoms. The molecule has 0 N–H and O–H groups in total. The Morgan fingerprint density at radius 2 is 2.00 bits per heavy atom. The predicted octanol–water partition coefficient (Wildman–Crippen LogP) is 3.09. The number of halogens is 1. The predicted molar refractivity (Wildman–Crippen MR) is 80.6 cm³/mol. The number of piperazine rings is 1. The van der Waals surface area contributed by atoms with Gasteiger partial charge in [-0.15, -0.1) is 11.3 Å². The molecule has 1 fully saturated rings. The fraction of sp³-hybridized carbons (Fsp3) is 0.643. The van der Waals surface area contributed by atoms with Gasteiger partial charge in [0, 0.05) is 44.0 Å². The summed E-state index contributed by atoms with van der Waals surface area (Å²) in [4.78, 5) is 17.7. The van der Waals surface area contributed by atoms with Crippen molar-refractivity contribution in [2.24, 2.45) is 5.92 Å². The lowest BCUT2D eigenvalue weighted by Gasteiger charge is -2.34. The van der Waals surface area contributed by atoms with Crippen molar-refractivity contribution in [3.63, 3.8) is 0 Å². The maximum absolute atomic E-state index is 12.0. The molecular weight excluding hydrogens is 280 g/mol. The largest absolute Gasteiger partial charge is 0.340 e. The Hall–Kier alpha value is -0.580. The molecule has 106 valence electrons. The van der Waals surface area contributed by atoms with Crippen molar-refractivity contribution in [3.8, 4) is 0 Å². The van der Waals surface area contributed by atoms with E-state index in [4.69, 9.17) is 11.6 Å². The van der Waals surface area contributed by atoms with Crippen molar-refractivity contribution >= 4 is 28.8 Å². The van der Waals surface area contributed by atoms with Crippen LogP contribution in [0.4, 0.5) is 0 Å². The SMILES string of the molecule is CC(C)CC(=O)N1CCN(Cc2ccc(Cl)s2)CC1. The van der Waals surface area contributed by atoms with Gasteiger partial charge in [-0.05, 0) is 18.1 Å². The van der Waals surface area contributed by atoms with Gasteiger partial charge in [0.1, 0.15) is 0 Å². The fourth-order valence-electron chi connectivity index (χ4n) is 2.29. The Morgan fingerprint density at radius 3 is 2.53 bits per heavy atom. The molecule has 0 atom stereocenters. The third-order valence-electron chi connectivity index (χ3n) is 3.32. The molecule has 0 saturated carbocycles. The molecule has 5 heteroatoms. The summed E-state index contributed by atoms with van der Waals surface area (Å²) in [6, 6.07) is 4.03. The zero-order valence-electron chi connectivity index (χ0n) is 11.6. The zero-order chi connectivity index (χ0) is 13.8. The van der Waals surface area contributed by atoms with Crippen molar-refractivity contribution in [3.05, 3.63) is 21.3 Å². The second-order valence-electron chi connectivity index (χ2n) is 5.46. The summed E-state index contributed by atoms with van der Waals surface area (Å²) >= 11 is 7.58. The molecule has 0 aliphatic carbocycles. The number of nitrogens with zero attached hydrogens (tertiary/aromatic N) is 2. The third kappa shape index (κ3) is 4.48. The monoisotopic (exact) mass is 300 g/mol. The van der Waals surface area contributed by atoms with E-state index in [0.717, 1.165) is 37.1 Å². The highest BCUT2D eigenvalue weighted by Crippen LogP contribution is 2.23. The summed E-state index contributed by atoms with van der Waals surface area (Å²) in [7, 11) is 0. The van der Waals surface area contributed by atoms with Gasteiger partial charge in [-0.3, -0.25) is 9.69 Å². The van der Waals surface area contributed by atoms with E-state index in [1.165, 1.54) is 4.88 Å². The molecule has 1 saturated heterocycles. The average Bonchev–Trinajstić information content (AvgIpc) is 2.75. The van der Waals surface area contributed by atoms with E-state index in [2.05, 4.69) is 24.8 Å². The summed E-state index contributed by atoms with van der Waals surface area (Å²) < 4.78 is 0.848. The number of thiophene rings is 1. The molecule has 0 spiro atoms. The highest BCUT2D eigenvalue weighted by atomic mass is 35.5. The lowest BCUT2D eigenvalue weighted by atomic mass is 10.1. The smallest absolute Gasteiger partial charge is 0.222 e. The minimum absolute atomic E-state index is 0.300. The topological polar surface area (TPSA) is 23.6 Å². The second-order valence-corrected chi connectivity index (χ2v) is 7.26. The highest BCUT2D eigenvalue weighted by molar-refractivity contribution is 7.16. The van der Waals surface area contributed by atoms with E-state index < -0.39 is 0 Å². The molecule has 1 amide bonds. The van der Waals surface area contributed by atoms with Crippen LogP contribution in [-0.2, 0) is 11.3 Å². The summed E-state index contributed by atoms with van der Waals surface area (Å²) in [6.07, 6.45) is 0.667. The first-order valence-electron chi connectivity index (χ1n) is 6.79. The van der Waals surface area contributed by atoms with Crippen molar-refractivity contribution in [1.82, 2.24) is 9.80 Å². The van der Waals surface area contributed by atoms with Crippen LogP contribution in [0.2, 0.25) is 4.34 Å². The summed E-state index contributed by atoms with van der Waals surface area (Å²) in [6.45, 7) is 8.75. The maximum Gasteiger partial charge on any atom is 0.222 e. The van der Waals surface area contributed by atoms with Crippen molar-refractivity contribution in [1.29, 1.82) is 0 Å². The molecule has 0 radical (unpaired) electrons. The van der Waals surface area contributed by atoms with Crippen LogP contribution in [0.3, 0.4) is 0 Å². The highest BCUT2D eigenvalue weighted by Gasteiger charge is 2.21. The van der Waals surface area contributed by atoms with Crippen molar-refractivity contribution in [2.75, 3.05) is 26.2 Å². The van der Waals surface area contributed by atoms with Crippen LogP contribution < -0.4 is 0 Å². The van der Waals surface area contributed by atoms with Gasteiger partial charge >= 0.3 is 0 Å². The van der Waals surface area contributed by atoms with E-state index >= 15 is 0 Å². The lowest BCUT2D eigenvalue weighted by Crippen LogP contribution is -2.48. The molecule has 1 aromatic rings. The normalized spacial score (nSPS) is 17.2. The number of carbonyl (C=O) groups excluding carboxylic acids is 1. The standard InChI is InChI=1S/C14H21ClN2OS/c1-11(2)9-14(18)17-7-5-16(6-8-17)10-12-3-4-13(15)19-12/h3-4,11H,5-10H2,1-2H3. The minimum Gasteiger partial charge on any atom is -0.340 e. The first kappa shape index (κ1) is 14.8. The molecular formula is C14H21ClN2OS. The molecule has 1 aliphatic rings. The van der Waals surface area contributed by atoms with Crippen LogP contribution in [0, 0.1) is 5.92 Å². The Labute approximate surface area is 124 Å². The number of hydrogen-bond donors (Lipinski definition) is 0. The van der Waals surface area contributed by atoms with Gasteiger partial charge < -0.3 is 4.90 Å². The van der Waals surface area contributed by atoms with E-state index in [9.17, 15) is 4.79 Å². The maximum atomic E-state index is 12.0. The number of carbonyl (C=O) groups is 1. The summed E-state index contributed by atoms with van der Waals surface area (Å²) in [5.74, 6) is 0.743. The molecule has 1 aromatic heterocycles. The molecule has 1 aliphatic heterocycles.